The molecule has 1 amide bonds. The van der Waals surface area contributed by atoms with Crippen molar-refractivity contribution in [2.75, 3.05) is 6.54 Å². The highest BCUT2D eigenvalue weighted by Gasteiger charge is 2.06. The number of nitrogens with zero attached hydrogens (tertiary/aromatic N) is 1. The van der Waals surface area contributed by atoms with E-state index in [0.29, 0.717) is 5.56 Å². The van der Waals surface area contributed by atoms with Gasteiger partial charge in [0.1, 0.15) is 0 Å². The molecule has 0 radical (unpaired) electrons. The second-order valence-electron chi connectivity index (χ2n) is 4.00. The molecule has 0 spiro atoms. The Morgan fingerprint density at radius 2 is 2.24 bits per heavy atom. The fourth-order valence-corrected chi connectivity index (χ4v) is 1.57. The van der Waals surface area contributed by atoms with E-state index in [4.69, 9.17) is 5.11 Å². The Balaban J connectivity index is 2.21. The topological polar surface area (TPSA) is 62.2 Å². The summed E-state index contributed by atoms with van der Waals surface area (Å²) in [5.74, 6) is -0.176. The number of pyridine rings is 1. The highest BCUT2D eigenvalue weighted by molar-refractivity contribution is 5.98. The number of carbonyl (C=O) groups is 1. The first-order valence-electron chi connectivity index (χ1n) is 5.47. The van der Waals surface area contributed by atoms with Crippen molar-refractivity contribution in [3.05, 3.63) is 42.2 Å². The molecule has 1 aromatic carbocycles. The summed E-state index contributed by atoms with van der Waals surface area (Å²) in [6, 6.07) is 7.29. The Morgan fingerprint density at radius 3 is 3.00 bits per heavy atom. The molecule has 0 saturated heterocycles. The quantitative estimate of drug-likeness (QED) is 0.836. The minimum Gasteiger partial charge on any atom is -0.392 e. The van der Waals surface area contributed by atoms with Crippen molar-refractivity contribution in [2.45, 2.75) is 13.0 Å². The van der Waals surface area contributed by atoms with E-state index in [1.165, 1.54) is 0 Å². The molecule has 1 unspecified atom stereocenters. The van der Waals surface area contributed by atoms with Crippen molar-refractivity contribution in [1.82, 2.24) is 10.3 Å². The van der Waals surface area contributed by atoms with E-state index in [-0.39, 0.29) is 12.5 Å². The molecule has 0 saturated carbocycles. The largest absolute Gasteiger partial charge is 0.392 e. The molecule has 0 fully saturated rings. The molecule has 1 atom stereocenters. The number of fused-ring (bicyclic) bond motifs is 1. The first kappa shape index (κ1) is 11.5. The molecule has 2 N–H and O–H groups in total. The van der Waals surface area contributed by atoms with Crippen LogP contribution in [0.3, 0.4) is 0 Å². The first-order valence-corrected chi connectivity index (χ1v) is 5.47. The Bertz CT molecular complexity index is 538. The van der Waals surface area contributed by atoms with E-state index in [1.54, 1.807) is 25.4 Å². The number of aromatic nitrogens is 1. The van der Waals surface area contributed by atoms with Gasteiger partial charge < -0.3 is 10.4 Å². The molecule has 0 aliphatic heterocycles. The van der Waals surface area contributed by atoms with Gasteiger partial charge in [0.25, 0.3) is 5.91 Å². The van der Waals surface area contributed by atoms with Gasteiger partial charge in [-0.05, 0) is 30.5 Å². The Morgan fingerprint density at radius 1 is 1.41 bits per heavy atom. The maximum atomic E-state index is 11.8. The van der Waals surface area contributed by atoms with Crippen LogP contribution in [-0.4, -0.2) is 28.6 Å². The van der Waals surface area contributed by atoms with Gasteiger partial charge in [-0.2, -0.15) is 0 Å². The summed E-state index contributed by atoms with van der Waals surface area (Å²) < 4.78 is 0. The van der Waals surface area contributed by atoms with Gasteiger partial charge in [-0.25, -0.2) is 0 Å². The molecular formula is C13H14N2O2. The maximum Gasteiger partial charge on any atom is 0.251 e. The molecule has 0 aliphatic rings. The fourth-order valence-electron chi connectivity index (χ4n) is 1.57. The predicted molar refractivity (Wildman–Crippen MR) is 65.8 cm³/mol. The molecule has 88 valence electrons. The number of aliphatic hydroxyl groups excluding tert-OH is 1. The molecule has 17 heavy (non-hydrogen) atoms. The smallest absolute Gasteiger partial charge is 0.251 e. The lowest BCUT2D eigenvalue weighted by molar-refractivity contribution is 0.0924. The number of amides is 1. The van der Waals surface area contributed by atoms with E-state index < -0.39 is 6.10 Å². The normalized spacial score (nSPS) is 12.4. The third-order valence-corrected chi connectivity index (χ3v) is 2.46. The molecule has 2 aromatic rings. The van der Waals surface area contributed by atoms with E-state index in [2.05, 4.69) is 10.3 Å². The third kappa shape index (κ3) is 2.79. The Kier molecular flexibility index (Phi) is 3.35. The minimum atomic E-state index is -0.538. The summed E-state index contributed by atoms with van der Waals surface area (Å²) in [4.78, 5) is 15.8. The van der Waals surface area contributed by atoms with Crippen molar-refractivity contribution < 1.29 is 9.90 Å². The lowest BCUT2D eigenvalue weighted by Crippen LogP contribution is -2.30. The molecule has 0 aliphatic carbocycles. The van der Waals surface area contributed by atoms with Crippen LogP contribution in [0.5, 0.6) is 0 Å². The zero-order valence-corrected chi connectivity index (χ0v) is 9.55. The monoisotopic (exact) mass is 230 g/mol. The number of aliphatic hydroxyl groups is 1. The zero-order chi connectivity index (χ0) is 12.3. The number of benzene rings is 1. The van der Waals surface area contributed by atoms with Gasteiger partial charge in [0.15, 0.2) is 0 Å². The van der Waals surface area contributed by atoms with Crippen LogP contribution in [-0.2, 0) is 0 Å². The number of hydrogen-bond acceptors (Lipinski definition) is 3. The zero-order valence-electron chi connectivity index (χ0n) is 9.55. The van der Waals surface area contributed by atoms with Crippen LogP contribution in [0.4, 0.5) is 0 Å². The van der Waals surface area contributed by atoms with Crippen LogP contribution in [0.15, 0.2) is 36.7 Å². The van der Waals surface area contributed by atoms with Crippen molar-refractivity contribution in [3.8, 4) is 0 Å². The average Bonchev–Trinajstić information content (AvgIpc) is 2.35. The molecule has 2 rings (SSSR count). The first-order chi connectivity index (χ1) is 8.16. The maximum absolute atomic E-state index is 11.8. The third-order valence-electron chi connectivity index (χ3n) is 2.46. The van der Waals surface area contributed by atoms with Gasteiger partial charge in [0, 0.05) is 29.9 Å². The van der Waals surface area contributed by atoms with Gasteiger partial charge in [0.05, 0.1) is 6.10 Å². The van der Waals surface area contributed by atoms with Crippen LogP contribution in [0.1, 0.15) is 17.3 Å². The van der Waals surface area contributed by atoms with E-state index in [0.717, 1.165) is 10.8 Å². The van der Waals surface area contributed by atoms with Gasteiger partial charge in [0.2, 0.25) is 0 Å². The predicted octanol–water partition coefficient (Wildman–Crippen LogP) is 1.35. The molecule has 4 nitrogen and oxygen atoms in total. The SMILES string of the molecule is CC(O)CNC(=O)c1ccc2cnccc2c1. The Hall–Kier alpha value is -1.94. The summed E-state index contributed by atoms with van der Waals surface area (Å²) in [5.41, 5.74) is 0.587. The second kappa shape index (κ2) is 4.93. The van der Waals surface area contributed by atoms with Gasteiger partial charge in [-0.3, -0.25) is 9.78 Å². The van der Waals surface area contributed by atoms with Crippen LogP contribution in [0.2, 0.25) is 0 Å². The average molecular weight is 230 g/mol. The number of nitrogens with one attached hydrogen (secondary N) is 1. The van der Waals surface area contributed by atoms with Crippen LogP contribution < -0.4 is 5.32 Å². The van der Waals surface area contributed by atoms with Gasteiger partial charge in [-0.1, -0.05) is 6.07 Å². The molecule has 1 aromatic heterocycles. The summed E-state index contributed by atoms with van der Waals surface area (Å²) in [5, 5.41) is 13.7. The van der Waals surface area contributed by atoms with Gasteiger partial charge >= 0.3 is 0 Å². The highest BCUT2D eigenvalue weighted by atomic mass is 16.3. The second-order valence-corrected chi connectivity index (χ2v) is 4.00. The van der Waals surface area contributed by atoms with E-state index >= 15 is 0 Å². The number of carbonyl (C=O) groups excluding carboxylic acids is 1. The van der Waals surface area contributed by atoms with Crippen LogP contribution in [0.25, 0.3) is 10.8 Å². The lowest BCUT2D eigenvalue weighted by Gasteiger charge is -2.07. The highest BCUT2D eigenvalue weighted by Crippen LogP contribution is 2.14. The number of rotatable bonds is 3. The van der Waals surface area contributed by atoms with Crippen molar-refractivity contribution in [1.29, 1.82) is 0 Å². The summed E-state index contributed by atoms with van der Waals surface area (Å²) in [6.07, 6.45) is 2.91. The van der Waals surface area contributed by atoms with E-state index in [9.17, 15) is 4.79 Å². The van der Waals surface area contributed by atoms with Crippen molar-refractivity contribution in [3.63, 3.8) is 0 Å². The van der Waals surface area contributed by atoms with Crippen LogP contribution >= 0.6 is 0 Å². The molecule has 0 bridgehead atoms. The summed E-state index contributed by atoms with van der Waals surface area (Å²) in [6.45, 7) is 1.89. The summed E-state index contributed by atoms with van der Waals surface area (Å²) in [7, 11) is 0. The summed E-state index contributed by atoms with van der Waals surface area (Å²) >= 11 is 0. The Labute approximate surface area is 99.3 Å². The van der Waals surface area contributed by atoms with Crippen LogP contribution in [0, 0.1) is 0 Å². The number of hydrogen-bond donors (Lipinski definition) is 2. The lowest BCUT2D eigenvalue weighted by atomic mass is 10.1. The molecule has 1 heterocycles. The standard InChI is InChI=1S/C13H14N2O2/c1-9(16)7-15-13(17)11-2-3-12-8-14-5-4-10(12)6-11/h2-6,8-9,16H,7H2,1H3,(H,15,17). The van der Waals surface area contributed by atoms with Gasteiger partial charge in [-0.15, -0.1) is 0 Å². The molecule has 4 heteroatoms. The van der Waals surface area contributed by atoms with Crippen molar-refractivity contribution in [2.24, 2.45) is 0 Å². The fraction of sp³-hybridized carbons (Fsp3) is 0.231. The van der Waals surface area contributed by atoms with E-state index in [1.807, 2.05) is 18.2 Å². The molecular weight excluding hydrogens is 216 g/mol. The minimum absolute atomic E-state index is 0.176. The van der Waals surface area contributed by atoms with Crippen molar-refractivity contribution >= 4 is 16.7 Å².